The highest BCUT2D eigenvalue weighted by Gasteiger charge is 2.20. The van der Waals surface area contributed by atoms with Crippen LogP contribution in [0, 0.1) is 10.6 Å². The van der Waals surface area contributed by atoms with E-state index in [2.05, 4.69) is 0 Å². The second-order valence-corrected chi connectivity index (χ2v) is 1.98. The molecule has 0 radical (unpaired) electrons. The molecule has 1 aliphatic rings. The van der Waals surface area contributed by atoms with Gasteiger partial charge >= 0.3 is 5.97 Å². The lowest BCUT2D eigenvalue weighted by Crippen LogP contribution is -3.06. The van der Waals surface area contributed by atoms with E-state index in [-0.39, 0.29) is 5.57 Å². The molecule has 0 spiro atoms. The Hall–Kier alpha value is -1.46. The number of hydroxylamine groups is 2. The fraction of sp³-hybridized carbons (Fsp3) is 0. The zero-order valence-electron chi connectivity index (χ0n) is 5.50. The first kappa shape index (κ1) is 7.64. The van der Waals surface area contributed by atoms with Crippen LogP contribution in [-0.2, 0) is 4.79 Å². The van der Waals surface area contributed by atoms with Crippen molar-refractivity contribution in [2.45, 2.75) is 0 Å². The Balaban J connectivity index is 2.96. The molecule has 1 heterocycles. The highest BCUT2D eigenvalue weighted by atomic mass is 16.5. The van der Waals surface area contributed by atoms with Crippen LogP contribution in [0.5, 0.6) is 0 Å². The molecule has 0 amide bonds. The predicted molar refractivity (Wildman–Crippen MR) is 36.9 cm³/mol. The second kappa shape index (κ2) is 2.65. The third-order valence-corrected chi connectivity index (χ3v) is 1.26. The maximum atomic E-state index is 10.7. The number of carbonyl (C=O) groups is 1. The van der Waals surface area contributed by atoms with Crippen molar-refractivity contribution in [1.82, 2.24) is 0 Å². The van der Waals surface area contributed by atoms with Gasteiger partial charge in [0.25, 0.3) is 0 Å². The summed E-state index contributed by atoms with van der Waals surface area (Å²) in [7, 11) is 0. The first-order chi connectivity index (χ1) is 5.13. The topological polar surface area (TPSA) is 88.7 Å². The van der Waals surface area contributed by atoms with Crippen molar-refractivity contribution in [2.24, 2.45) is 0 Å². The number of hydrogen-bond donors (Lipinski definition) is 3. The van der Waals surface area contributed by atoms with Crippen LogP contribution < -0.4 is 5.06 Å². The summed E-state index contributed by atoms with van der Waals surface area (Å²) in [5, 5.41) is 25.6. The summed E-state index contributed by atoms with van der Waals surface area (Å²) in [5.41, 5.74) is -0.252. The maximum Gasteiger partial charge on any atom is 0.343 e. The van der Waals surface area contributed by atoms with E-state index in [4.69, 9.17) is 10.5 Å². The molecule has 0 aliphatic carbocycles. The van der Waals surface area contributed by atoms with Crippen molar-refractivity contribution in [1.29, 1.82) is 5.41 Å². The quantitative estimate of drug-likeness (QED) is 0.418. The van der Waals surface area contributed by atoms with Gasteiger partial charge in [-0.05, 0) is 12.2 Å². The van der Waals surface area contributed by atoms with E-state index in [1.807, 2.05) is 0 Å². The molecule has 0 aromatic rings. The summed E-state index contributed by atoms with van der Waals surface area (Å²) >= 11 is 0. The minimum absolute atomic E-state index is 0.252. The average Bonchev–Trinajstić information content (AvgIpc) is 1.94. The van der Waals surface area contributed by atoms with Crippen molar-refractivity contribution < 1.29 is 15.0 Å². The van der Waals surface area contributed by atoms with Gasteiger partial charge in [0.2, 0.25) is 5.84 Å². The van der Waals surface area contributed by atoms with Crippen LogP contribution in [-0.4, -0.2) is 16.9 Å². The SMILES string of the molecule is N=C1C(C(=O)O)=CC=C[NH+]1[O-]. The Kier molecular flexibility index (Phi) is 1.84. The summed E-state index contributed by atoms with van der Waals surface area (Å²) in [4.78, 5) is 10.3. The molecule has 5 nitrogen and oxygen atoms in total. The number of hydrogen-bond acceptors (Lipinski definition) is 3. The van der Waals surface area contributed by atoms with Gasteiger partial charge in [-0.3, -0.25) is 5.06 Å². The molecule has 1 rings (SSSR count). The van der Waals surface area contributed by atoms with Gasteiger partial charge in [0.05, 0.1) is 0 Å². The third kappa shape index (κ3) is 1.34. The number of nitrogens with one attached hydrogen (secondary N) is 2. The van der Waals surface area contributed by atoms with Crippen LogP contribution in [0.4, 0.5) is 0 Å². The summed E-state index contributed by atoms with van der Waals surface area (Å²) in [5.74, 6) is -1.70. The van der Waals surface area contributed by atoms with Gasteiger partial charge in [-0.2, -0.15) is 0 Å². The fourth-order valence-corrected chi connectivity index (χ4v) is 0.709. The van der Waals surface area contributed by atoms with Gasteiger partial charge < -0.3 is 10.3 Å². The van der Waals surface area contributed by atoms with Crippen LogP contribution in [0.15, 0.2) is 23.9 Å². The Morgan fingerprint density at radius 1 is 1.73 bits per heavy atom. The lowest BCUT2D eigenvalue weighted by Gasteiger charge is -2.19. The number of amidine groups is 1. The molecule has 5 heteroatoms. The molecule has 58 valence electrons. The van der Waals surface area contributed by atoms with E-state index in [1.165, 1.54) is 12.2 Å². The second-order valence-electron chi connectivity index (χ2n) is 1.98. The van der Waals surface area contributed by atoms with Crippen LogP contribution in [0.1, 0.15) is 0 Å². The van der Waals surface area contributed by atoms with E-state index >= 15 is 0 Å². The van der Waals surface area contributed by atoms with E-state index in [0.29, 0.717) is 0 Å². The molecule has 0 fully saturated rings. The van der Waals surface area contributed by atoms with Crippen LogP contribution in [0.25, 0.3) is 0 Å². The number of allylic oxidation sites excluding steroid dienone is 2. The van der Waals surface area contributed by atoms with Crippen molar-refractivity contribution >= 4 is 11.8 Å². The molecule has 0 bridgehead atoms. The zero-order valence-corrected chi connectivity index (χ0v) is 5.50. The number of carboxylic acid groups (broad SMARTS) is 1. The summed E-state index contributed by atoms with van der Waals surface area (Å²) < 4.78 is 0. The number of rotatable bonds is 1. The van der Waals surface area contributed by atoms with Crippen LogP contribution in [0.3, 0.4) is 0 Å². The standard InChI is InChI=1S/C6H6N2O3/c7-5-4(6(9)10)2-1-3-8(5)11/h1-3,7-8H,(H,9,10). The average molecular weight is 154 g/mol. The van der Waals surface area contributed by atoms with Crippen LogP contribution in [0.2, 0.25) is 0 Å². The van der Waals surface area contributed by atoms with E-state index < -0.39 is 16.9 Å². The van der Waals surface area contributed by atoms with Crippen molar-refractivity contribution in [3.8, 4) is 0 Å². The van der Waals surface area contributed by atoms with Gasteiger partial charge in [0.15, 0.2) is 0 Å². The molecule has 0 saturated heterocycles. The largest absolute Gasteiger partial charge is 0.623 e. The predicted octanol–water partition coefficient (Wildman–Crippen LogP) is -1.12. The van der Waals surface area contributed by atoms with Gasteiger partial charge in [-0.25, -0.2) is 10.2 Å². The van der Waals surface area contributed by atoms with Gasteiger partial charge in [0.1, 0.15) is 11.8 Å². The first-order valence-electron chi connectivity index (χ1n) is 2.88. The molecule has 1 atom stereocenters. The van der Waals surface area contributed by atoms with Crippen molar-refractivity contribution in [2.75, 3.05) is 0 Å². The zero-order chi connectivity index (χ0) is 8.43. The fourth-order valence-electron chi connectivity index (χ4n) is 0.709. The summed E-state index contributed by atoms with van der Waals surface area (Å²) in [6.45, 7) is 0. The Bertz CT molecular complexity index is 267. The first-order valence-corrected chi connectivity index (χ1v) is 2.88. The molecular weight excluding hydrogens is 148 g/mol. The van der Waals surface area contributed by atoms with E-state index in [1.54, 1.807) is 0 Å². The van der Waals surface area contributed by atoms with Gasteiger partial charge in [-0.1, -0.05) is 0 Å². The van der Waals surface area contributed by atoms with E-state index in [0.717, 1.165) is 6.20 Å². The third-order valence-electron chi connectivity index (χ3n) is 1.26. The molecule has 0 aromatic carbocycles. The van der Waals surface area contributed by atoms with Gasteiger partial charge in [-0.15, -0.1) is 0 Å². The molecular formula is C6H6N2O3. The monoisotopic (exact) mass is 154 g/mol. The smallest absolute Gasteiger partial charge is 0.343 e. The minimum Gasteiger partial charge on any atom is -0.623 e. The normalized spacial score (nSPS) is 23.2. The number of carboxylic acids is 1. The van der Waals surface area contributed by atoms with Crippen molar-refractivity contribution in [3.05, 3.63) is 29.1 Å². The van der Waals surface area contributed by atoms with E-state index in [9.17, 15) is 10.0 Å². The highest BCUT2D eigenvalue weighted by Crippen LogP contribution is 1.96. The number of quaternary nitrogens is 1. The summed E-state index contributed by atoms with van der Waals surface area (Å²) in [6.07, 6.45) is 3.71. The number of aliphatic carboxylic acids is 1. The Morgan fingerprint density at radius 3 is 2.82 bits per heavy atom. The van der Waals surface area contributed by atoms with Gasteiger partial charge in [0, 0.05) is 0 Å². The lowest BCUT2D eigenvalue weighted by atomic mass is 10.2. The summed E-state index contributed by atoms with van der Waals surface area (Å²) in [6, 6.07) is 0. The van der Waals surface area contributed by atoms with Crippen LogP contribution >= 0.6 is 0 Å². The molecule has 0 saturated carbocycles. The highest BCUT2D eigenvalue weighted by molar-refractivity contribution is 6.14. The Morgan fingerprint density at radius 2 is 2.36 bits per heavy atom. The molecule has 1 aliphatic heterocycles. The maximum absolute atomic E-state index is 10.7. The van der Waals surface area contributed by atoms with Crippen molar-refractivity contribution in [3.63, 3.8) is 0 Å². The molecule has 0 aromatic heterocycles. The molecule has 3 N–H and O–H groups in total. The Labute approximate surface area is 62.3 Å². The minimum atomic E-state index is -1.24. The molecule has 11 heavy (non-hydrogen) atoms. The molecule has 1 unspecified atom stereocenters. The lowest BCUT2D eigenvalue weighted by molar-refractivity contribution is -0.684.